The van der Waals surface area contributed by atoms with Crippen LogP contribution >= 0.6 is 0 Å². The number of aliphatic hydroxyl groups excluding tert-OH is 1. The number of rotatable bonds is 3. The summed E-state index contributed by atoms with van der Waals surface area (Å²) >= 11 is 0. The van der Waals surface area contributed by atoms with Crippen molar-refractivity contribution >= 4 is 12.0 Å². The molecule has 2 aliphatic heterocycles. The van der Waals surface area contributed by atoms with Crippen LogP contribution in [0.2, 0.25) is 0 Å². The third kappa shape index (κ3) is 3.08. The Morgan fingerprint density at radius 1 is 1.25 bits per heavy atom. The van der Waals surface area contributed by atoms with Crippen molar-refractivity contribution in [1.82, 2.24) is 5.32 Å². The first-order chi connectivity index (χ1) is 9.70. The number of hydrogen-bond acceptors (Lipinski definition) is 4. The van der Waals surface area contributed by atoms with Crippen LogP contribution in [0.3, 0.4) is 0 Å². The molecule has 3 rings (SSSR count). The number of carbonyl (C=O) groups is 1. The second-order valence-corrected chi connectivity index (χ2v) is 5.55. The zero-order valence-corrected chi connectivity index (χ0v) is 11.2. The Labute approximate surface area is 118 Å². The van der Waals surface area contributed by atoms with Crippen LogP contribution < -0.4 is 5.32 Å². The highest BCUT2D eigenvalue weighted by Gasteiger charge is 2.40. The molecule has 0 saturated carbocycles. The molecule has 4 unspecified atom stereocenters. The number of esters is 1. The molecule has 0 radical (unpaired) electrons. The predicted octanol–water partition coefficient (Wildman–Crippen LogP) is 1.50. The maximum absolute atomic E-state index is 11.8. The first-order valence-corrected chi connectivity index (χ1v) is 7.08. The Morgan fingerprint density at radius 2 is 2.05 bits per heavy atom. The van der Waals surface area contributed by atoms with E-state index in [-0.39, 0.29) is 30.3 Å². The third-order valence-electron chi connectivity index (χ3n) is 4.00. The summed E-state index contributed by atoms with van der Waals surface area (Å²) in [5.74, 6) is -0.311. The van der Waals surface area contributed by atoms with Crippen LogP contribution in [0.5, 0.6) is 0 Å². The Morgan fingerprint density at radius 3 is 2.80 bits per heavy atom. The van der Waals surface area contributed by atoms with Crippen molar-refractivity contribution in [3.63, 3.8) is 0 Å². The predicted molar refractivity (Wildman–Crippen MR) is 75.9 cm³/mol. The molecule has 1 aromatic carbocycles. The number of benzene rings is 1. The van der Waals surface area contributed by atoms with E-state index < -0.39 is 0 Å². The molecule has 4 heteroatoms. The molecule has 20 heavy (non-hydrogen) atoms. The first-order valence-electron chi connectivity index (χ1n) is 7.08. The molecular formula is C16H19NO3. The van der Waals surface area contributed by atoms with E-state index in [9.17, 15) is 9.90 Å². The van der Waals surface area contributed by atoms with Gasteiger partial charge in [0.05, 0.1) is 6.10 Å². The Bertz CT molecular complexity index is 498. The summed E-state index contributed by atoms with van der Waals surface area (Å²) in [7, 11) is 0. The van der Waals surface area contributed by atoms with Gasteiger partial charge in [0.2, 0.25) is 0 Å². The molecule has 1 aromatic rings. The topological polar surface area (TPSA) is 58.6 Å². The third-order valence-corrected chi connectivity index (χ3v) is 4.00. The van der Waals surface area contributed by atoms with Crippen molar-refractivity contribution in [2.24, 2.45) is 0 Å². The quantitative estimate of drug-likeness (QED) is 0.647. The summed E-state index contributed by atoms with van der Waals surface area (Å²) < 4.78 is 5.47. The monoisotopic (exact) mass is 273 g/mol. The normalized spacial score (nSPS) is 32.5. The number of fused-ring (bicyclic) bond motifs is 2. The van der Waals surface area contributed by atoms with Gasteiger partial charge in [-0.1, -0.05) is 30.3 Å². The minimum absolute atomic E-state index is 0.0738. The van der Waals surface area contributed by atoms with Crippen molar-refractivity contribution in [3.05, 3.63) is 42.0 Å². The maximum Gasteiger partial charge on any atom is 0.331 e. The number of carbonyl (C=O) groups excluding carboxylic acids is 1. The molecule has 2 saturated heterocycles. The second-order valence-electron chi connectivity index (χ2n) is 5.55. The van der Waals surface area contributed by atoms with Crippen LogP contribution in [0.25, 0.3) is 6.08 Å². The van der Waals surface area contributed by atoms with Crippen LogP contribution in [0.15, 0.2) is 36.4 Å². The summed E-state index contributed by atoms with van der Waals surface area (Å²) in [5.41, 5.74) is 0.977. The van der Waals surface area contributed by atoms with Crippen LogP contribution in [0, 0.1) is 0 Å². The smallest absolute Gasteiger partial charge is 0.331 e. The largest absolute Gasteiger partial charge is 0.459 e. The minimum Gasteiger partial charge on any atom is -0.459 e. The van der Waals surface area contributed by atoms with E-state index in [1.807, 2.05) is 30.3 Å². The fourth-order valence-electron chi connectivity index (χ4n) is 3.05. The maximum atomic E-state index is 11.8. The van der Waals surface area contributed by atoms with Gasteiger partial charge in [0.1, 0.15) is 6.10 Å². The van der Waals surface area contributed by atoms with Gasteiger partial charge in [0.25, 0.3) is 0 Å². The van der Waals surface area contributed by atoms with E-state index in [1.54, 1.807) is 6.08 Å². The van der Waals surface area contributed by atoms with Crippen molar-refractivity contribution in [1.29, 1.82) is 0 Å². The van der Waals surface area contributed by atoms with Crippen molar-refractivity contribution < 1.29 is 14.6 Å². The van der Waals surface area contributed by atoms with Crippen LogP contribution in [0.1, 0.15) is 24.8 Å². The molecule has 2 heterocycles. The van der Waals surface area contributed by atoms with Gasteiger partial charge in [0.15, 0.2) is 0 Å². The average molecular weight is 273 g/mol. The molecule has 2 fully saturated rings. The van der Waals surface area contributed by atoms with E-state index >= 15 is 0 Å². The van der Waals surface area contributed by atoms with E-state index in [1.165, 1.54) is 6.08 Å². The van der Waals surface area contributed by atoms with Crippen LogP contribution in [-0.2, 0) is 9.53 Å². The first kappa shape index (κ1) is 13.3. The van der Waals surface area contributed by atoms with Crippen LogP contribution in [-0.4, -0.2) is 35.4 Å². The zero-order chi connectivity index (χ0) is 13.9. The fraction of sp³-hybridized carbons (Fsp3) is 0.438. The number of piperidine rings is 1. The Kier molecular flexibility index (Phi) is 3.85. The van der Waals surface area contributed by atoms with Gasteiger partial charge < -0.3 is 15.2 Å². The van der Waals surface area contributed by atoms with Gasteiger partial charge >= 0.3 is 5.97 Å². The summed E-state index contributed by atoms with van der Waals surface area (Å²) in [6, 6.07) is 10.0. The summed E-state index contributed by atoms with van der Waals surface area (Å²) in [6.45, 7) is 0. The summed E-state index contributed by atoms with van der Waals surface area (Å²) in [4.78, 5) is 11.8. The van der Waals surface area contributed by atoms with Gasteiger partial charge in [-0.2, -0.15) is 0 Å². The SMILES string of the molecule is O=C(C=Cc1ccccc1)OC1CC2CC(O)C(C1)N2. The molecule has 4 nitrogen and oxygen atoms in total. The number of hydrogen-bond donors (Lipinski definition) is 2. The van der Waals surface area contributed by atoms with Gasteiger partial charge in [0, 0.05) is 24.6 Å². The van der Waals surface area contributed by atoms with Gasteiger partial charge in [-0.25, -0.2) is 4.79 Å². The number of aliphatic hydroxyl groups is 1. The number of nitrogens with one attached hydrogen (secondary N) is 1. The van der Waals surface area contributed by atoms with E-state index in [2.05, 4.69) is 5.32 Å². The molecule has 2 aliphatic rings. The lowest BCUT2D eigenvalue weighted by atomic mass is 10.0. The fourth-order valence-corrected chi connectivity index (χ4v) is 3.05. The number of ether oxygens (including phenoxy) is 1. The average Bonchev–Trinajstić information content (AvgIpc) is 2.71. The molecule has 0 aromatic heterocycles. The highest BCUT2D eigenvalue weighted by atomic mass is 16.5. The van der Waals surface area contributed by atoms with Crippen molar-refractivity contribution in [2.75, 3.05) is 0 Å². The van der Waals surface area contributed by atoms with Gasteiger partial charge in [-0.15, -0.1) is 0 Å². The Balaban J connectivity index is 1.53. The lowest BCUT2D eigenvalue weighted by Gasteiger charge is -2.28. The Hall–Kier alpha value is -1.65. The molecule has 4 atom stereocenters. The van der Waals surface area contributed by atoms with E-state index in [0.717, 1.165) is 18.4 Å². The van der Waals surface area contributed by atoms with E-state index in [4.69, 9.17) is 4.74 Å². The molecule has 2 N–H and O–H groups in total. The van der Waals surface area contributed by atoms with Crippen molar-refractivity contribution in [3.8, 4) is 0 Å². The molecule has 0 amide bonds. The molecular weight excluding hydrogens is 254 g/mol. The standard InChI is InChI=1S/C16H19NO3/c18-15-9-12-8-13(10-14(15)17-12)20-16(19)7-6-11-4-2-1-3-5-11/h1-7,12-15,17-18H,8-10H2. The lowest BCUT2D eigenvalue weighted by molar-refractivity contribution is -0.144. The second kappa shape index (κ2) is 5.77. The highest BCUT2D eigenvalue weighted by molar-refractivity contribution is 5.87. The van der Waals surface area contributed by atoms with Gasteiger partial charge in [-0.05, 0) is 24.5 Å². The lowest BCUT2D eigenvalue weighted by Crippen LogP contribution is -2.44. The minimum atomic E-state index is -0.311. The zero-order valence-electron chi connectivity index (χ0n) is 11.2. The van der Waals surface area contributed by atoms with Crippen LogP contribution in [0.4, 0.5) is 0 Å². The summed E-state index contributed by atoms with van der Waals surface area (Å²) in [6.07, 6.45) is 5.09. The van der Waals surface area contributed by atoms with Crippen molar-refractivity contribution in [2.45, 2.75) is 43.6 Å². The summed E-state index contributed by atoms with van der Waals surface area (Å²) in [5, 5.41) is 13.1. The van der Waals surface area contributed by atoms with Gasteiger partial charge in [-0.3, -0.25) is 0 Å². The van der Waals surface area contributed by atoms with E-state index in [0.29, 0.717) is 6.42 Å². The molecule has 0 spiro atoms. The molecule has 106 valence electrons. The molecule has 0 aliphatic carbocycles. The molecule has 2 bridgehead atoms. The highest BCUT2D eigenvalue weighted by Crippen LogP contribution is 2.29.